The van der Waals surface area contributed by atoms with Crippen LogP contribution in [0.15, 0.2) is 23.4 Å². The second kappa shape index (κ2) is 11.4. The van der Waals surface area contributed by atoms with Gasteiger partial charge in [-0.1, -0.05) is 50.6 Å². The lowest BCUT2D eigenvalue weighted by molar-refractivity contribution is -0.113. The van der Waals surface area contributed by atoms with Crippen molar-refractivity contribution in [1.82, 2.24) is 14.8 Å². The number of nitrogens with one attached hydrogen (secondary N) is 1. The van der Waals surface area contributed by atoms with Gasteiger partial charge in [-0.15, -0.1) is 21.5 Å². The molecule has 0 saturated heterocycles. The Bertz CT molecular complexity index is 1350. The SMILES string of the molecule is CCC(C)(C)C1CCc2c(sc(NC(=O)CSc3nnc(COc4ccc(F)c(Cl)c4)n3C)c2C#N)C1. The molecule has 4 rings (SSSR count). The Morgan fingerprint density at radius 2 is 2.22 bits per heavy atom. The summed E-state index contributed by atoms with van der Waals surface area (Å²) in [4.78, 5) is 14.0. The fraction of sp³-hybridized carbons (Fsp3) is 0.462. The maximum atomic E-state index is 13.3. The minimum atomic E-state index is -0.515. The Hall–Kier alpha value is -2.61. The highest BCUT2D eigenvalue weighted by Crippen LogP contribution is 2.45. The van der Waals surface area contributed by atoms with Crippen molar-refractivity contribution in [2.75, 3.05) is 11.1 Å². The largest absolute Gasteiger partial charge is 0.486 e. The number of aromatic nitrogens is 3. The zero-order valence-electron chi connectivity index (χ0n) is 21.2. The van der Waals surface area contributed by atoms with Gasteiger partial charge in [0.2, 0.25) is 5.91 Å². The molecule has 1 atom stereocenters. The maximum absolute atomic E-state index is 13.3. The third kappa shape index (κ3) is 6.11. The van der Waals surface area contributed by atoms with Crippen molar-refractivity contribution in [3.05, 3.63) is 50.9 Å². The Morgan fingerprint density at radius 3 is 2.92 bits per heavy atom. The van der Waals surface area contributed by atoms with E-state index in [1.165, 1.54) is 46.2 Å². The molecule has 0 bridgehead atoms. The van der Waals surface area contributed by atoms with Crippen LogP contribution in [0.25, 0.3) is 0 Å². The monoisotopic (exact) mass is 561 g/mol. The number of hydrogen-bond donors (Lipinski definition) is 1. The normalized spacial score (nSPS) is 15.2. The molecule has 1 aliphatic carbocycles. The first-order valence-electron chi connectivity index (χ1n) is 12.1. The van der Waals surface area contributed by atoms with Crippen molar-refractivity contribution in [3.63, 3.8) is 0 Å². The molecule has 0 spiro atoms. The second-order valence-corrected chi connectivity index (χ2v) is 12.2. The number of halogens is 2. The lowest BCUT2D eigenvalue weighted by Crippen LogP contribution is -2.28. The van der Waals surface area contributed by atoms with E-state index in [9.17, 15) is 14.4 Å². The number of carbonyl (C=O) groups is 1. The third-order valence-electron chi connectivity index (χ3n) is 7.16. The van der Waals surface area contributed by atoms with Crippen molar-refractivity contribution in [1.29, 1.82) is 5.26 Å². The van der Waals surface area contributed by atoms with Crippen LogP contribution < -0.4 is 10.1 Å². The molecule has 1 aliphatic rings. The summed E-state index contributed by atoms with van der Waals surface area (Å²) in [6, 6.07) is 6.44. The van der Waals surface area contributed by atoms with Gasteiger partial charge < -0.3 is 14.6 Å². The predicted octanol–water partition coefficient (Wildman–Crippen LogP) is 6.39. The topological polar surface area (TPSA) is 92.8 Å². The van der Waals surface area contributed by atoms with Crippen LogP contribution in [0.3, 0.4) is 0 Å². The summed E-state index contributed by atoms with van der Waals surface area (Å²) in [5, 5.41) is 22.2. The minimum absolute atomic E-state index is 0.0199. The van der Waals surface area contributed by atoms with Gasteiger partial charge in [0.15, 0.2) is 11.0 Å². The number of thioether (sulfide) groups is 1. The van der Waals surface area contributed by atoms with Gasteiger partial charge in [-0.2, -0.15) is 5.26 Å². The molecule has 0 aliphatic heterocycles. The summed E-state index contributed by atoms with van der Waals surface area (Å²) in [6.07, 6.45) is 4.01. The van der Waals surface area contributed by atoms with Crippen molar-refractivity contribution in [2.45, 2.75) is 58.2 Å². The number of fused-ring (bicyclic) bond motifs is 1. The van der Waals surface area contributed by atoms with Gasteiger partial charge in [0.25, 0.3) is 0 Å². The standard InChI is InChI=1S/C26H29ClFN5O2S2/c1-5-26(2,3)15-6-8-17-18(12-29)24(37-21(17)10-15)30-23(34)14-36-25-32-31-22(33(25)4)13-35-16-7-9-20(28)19(27)11-16/h7,9,11,15H,5-6,8,10,13-14H2,1-4H3,(H,30,34). The molecular weight excluding hydrogens is 533 g/mol. The summed E-state index contributed by atoms with van der Waals surface area (Å²) < 4.78 is 20.7. The molecule has 0 saturated carbocycles. The average Bonchev–Trinajstić information content (AvgIpc) is 3.41. The molecule has 0 fully saturated rings. The highest BCUT2D eigenvalue weighted by molar-refractivity contribution is 7.99. The molecule has 11 heteroatoms. The van der Waals surface area contributed by atoms with Crippen LogP contribution in [0.5, 0.6) is 5.75 Å². The Labute approximate surface area is 229 Å². The molecule has 1 unspecified atom stereocenters. The zero-order chi connectivity index (χ0) is 26.7. The van der Waals surface area contributed by atoms with E-state index in [4.69, 9.17) is 16.3 Å². The van der Waals surface area contributed by atoms with E-state index < -0.39 is 5.82 Å². The van der Waals surface area contributed by atoms with Crippen molar-refractivity contribution >= 4 is 45.6 Å². The number of carbonyl (C=O) groups excluding carboxylic acids is 1. The van der Waals surface area contributed by atoms with E-state index in [1.54, 1.807) is 11.6 Å². The van der Waals surface area contributed by atoms with Crippen molar-refractivity contribution in [2.24, 2.45) is 18.4 Å². The molecule has 1 N–H and O–H groups in total. The summed E-state index contributed by atoms with van der Waals surface area (Å²) in [5.74, 6) is 0.944. The van der Waals surface area contributed by atoms with E-state index >= 15 is 0 Å². The fourth-order valence-corrected chi connectivity index (χ4v) is 6.55. The number of nitrogens with zero attached hydrogens (tertiary/aromatic N) is 4. The van der Waals surface area contributed by atoms with Crippen LogP contribution >= 0.6 is 34.7 Å². The highest BCUT2D eigenvalue weighted by atomic mass is 35.5. The number of ether oxygens (including phenoxy) is 1. The highest BCUT2D eigenvalue weighted by Gasteiger charge is 2.34. The molecule has 2 heterocycles. The molecular formula is C26H29ClFN5O2S2. The quantitative estimate of drug-likeness (QED) is 0.304. The maximum Gasteiger partial charge on any atom is 0.235 e. The summed E-state index contributed by atoms with van der Waals surface area (Å²) in [7, 11) is 1.78. The number of rotatable bonds is 9. The van der Waals surface area contributed by atoms with Gasteiger partial charge in [0.05, 0.1) is 16.3 Å². The molecule has 1 aromatic carbocycles. The Morgan fingerprint density at radius 1 is 1.43 bits per heavy atom. The summed E-state index contributed by atoms with van der Waals surface area (Å²) >= 11 is 8.58. The van der Waals surface area contributed by atoms with E-state index in [2.05, 4.69) is 42.4 Å². The first kappa shape index (κ1) is 27.4. The van der Waals surface area contributed by atoms with Gasteiger partial charge in [-0.25, -0.2) is 4.39 Å². The van der Waals surface area contributed by atoms with E-state index in [1.807, 2.05) is 0 Å². The Kier molecular flexibility index (Phi) is 8.46. The number of nitriles is 1. The lowest BCUT2D eigenvalue weighted by atomic mass is 9.69. The first-order chi connectivity index (χ1) is 17.6. The summed E-state index contributed by atoms with van der Waals surface area (Å²) in [6.45, 7) is 6.95. The van der Waals surface area contributed by atoms with Gasteiger partial charge in [-0.3, -0.25) is 4.79 Å². The van der Waals surface area contributed by atoms with Gasteiger partial charge in [0, 0.05) is 18.0 Å². The number of anilines is 1. The second-order valence-electron chi connectivity index (χ2n) is 9.76. The number of hydrogen-bond acceptors (Lipinski definition) is 7. The first-order valence-corrected chi connectivity index (χ1v) is 14.2. The zero-order valence-corrected chi connectivity index (χ0v) is 23.6. The van der Waals surface area contributed by atoms with Crippen molar-refractivity contribution in [3.8, 4) is 11.8 Å². The molecule has 2 aromatic heterocycles. The minimum Gasteiger partial charge on any atom is -0.486 e. The molecule has 196 valence electrons. The van der Waals surface area contributed by atoms with Crippen LogP contribution in [-0.4, -0.2) is 26.4 Å². The smallest absolute Gasteiger partial charge is 0.235 e. The molecule has 1 amide bonds. The van der Waals surface area contributed by atoms with Gasteiger partial charge >= 0.3 is 0 Å². The molecule has 0 radical (unpaired) electrons. The fourth-order valence-electron chi connectivity index (χ4n) is 4.35. The van der Waals surface area contributed by atoms with Crippen LogP contribution in [0.1, 0.15) is 55.4 Å². The van der Waals surface area contributed by atoms with Crippen LogP contribution in [-0.2, 0) is 31.3 Å². The number of thiophene rings is 1. The number of amides is 1. The van der Waals surface area contributed by atoms with E-state index in [0.717, 1.165) is 31.2 Å². The Balaban J connectivity index is 1.35. The van der Waals surface area contributed by atoms with Crippen LogP contribution in [0.2, 0.25) is 5.02 Å². The van der Waals surface area contributed by atoms with Gasteiger partial charge in [-0.05, 0) is 48.3 Å². The predicted molar refractivity (Wildman–Crippen MR) is 145 cm³/mol. The lowest BCUT2D eigenvalue weighted by Gasteiger charge is -2.36. The van der Waals surface area contributed by atoms with E-state index in [0.29, 0.717) is 33.2 Å². The van der Waals surface area contributed by atoms with Gasteiger partial charge in [0.1, 0.15) is 29.2 Å². The van der Waals surface area contributed by atoms with E-state index in [-0.39, 0.29) is 28.7 Å². The van der Waals surface area contributed by atoms with Crippen molar-refractivity contribution < 1.29 is 13.9 Å². The van der Waals surface area contributed by atoms with Crippen LogP contribution in [0.4, 0.5) is 9.39 Å². The summed E-state index contributed by atoms with van der Waals surface area (Å²) in [5.41, 5.74) is 1.95. The molecule has 37 heavy (non-hydrogen) atoms. The molecule has 3 aromatic rings. The van der Waals surface area contributed by atoms with Crippen LogP contribution in [0, 0.1) is 28.5 Å². The average molecular weight is 562 g/mol. The third-order valence-corrected chi connectivity index (χ3v) is 9.64. The number of benzene rings is 1. The molecule has 7 nitrogen and oxygen atoms in total.